The van der Waals surface area contributed by atoms with E-state index in [-0.39, 0.29) is 11.9 Å². The summed E-state index contributed by atoms with van der Waals surface area (Å²) in [6.07, 6.45) is 7.49. The highest BCUT2D eigenvalue weighted by Crippen LogP contribution is 2.37. The monoisotopic (exact) mass is 403 g/mol. The molecule has 4 rings (SSSR count). The van der Waals surface area contributed by atoms with Crippen LogP contribution in [0.3, 0.4) is 0 Å². The lowest BCUT2D eigenvalue weighted by Crippen LogP contribution is -2.40. The molecule has 1 N–H and O–H groups in total. The molecule has 7 heteroatoms. The topological polar surface area (TPSA) is 58.4 Å². The Balaban J connectivity index is 1.71. The minimum Gasteiger partial charge on any atom is -0.387 e. The molecule has 1 aliphatic rings. The number of carbonyl (C=O) groups excluding carboxylic acids is 1. The highest BCUT2D eigenvalue weighted by atomic mass is 35.5. The molecule has 27 heavy (non-hydrogen) atoms. The van der Waals surface area contributed by atoms with Crippen LogP contribution in [0.5, 0.6) is 0 Å². The van der Waals surface area contributed by atoms with Gasteiger partial charge in [-0.1, -0.05) is 29.3 Å². The smallest absolute Gasteiger partial charge is 0.248 e. The van der Waals surface area contributed by atoms with Gasteiger partial charge in [0, 0.05) is 48.7 Å². The van der Waals surface area contributed by atoms with Crippen molar-refractivity contribution >= 4 is 40.0 Å². The molecule has 0 radical (unpaired) electrons. The Morgan fingerprint density at radius 3 is 2.67 bits per heavy atom. The number of piperidine rings is 1. The third kappa shape index (κ3) is 3.43. The summed E-state index contributed by atoms with van der Waals surface area (Å²) in [6.45, 7) is 0.873. The summed E-state index contributed by atoms with van der Waals surface area (Å²) >= 11 is 12.3. The zero-order chi connectivity index (χ0) is 19.0. The number of hydrogen-bond acceptors (Lipinski definition) is 3. The first-order valence-electron chi connectivity index (χ1n) is 8.87. The summed E-state index contributed by atoms with van der Waals surface area (Å²) in [4.78, 5) is 17.7. The maximum absolute atomic E-state index is 11.7. The van der Waals surface area contributed by atoms with Crippen molar-refractivity contribution in [1.29, 1.82) is 0 Å². The lowest BCUT2D eigenvalue weighted by atomic mass is 10.0. The Hall–Kier alpha value is -2.08. The molecular formula is C20H19Cl2N3O2. The first-order valence-corrected chi connectivity index (χ1v) is 9.62. The number of halogens is 2. The molecule has 0 spiro atoms. The van der Waals surface area contributed by atoms with Gasteiger partial charge in [-0.25, -0.2) is 0 Å². The standard InChI is InChI=1S/C20H19Cl2N3O2/c21-17-2-1-13(9-18(17)22)16-11-25(19-3-6-23-10-15(16)19)14-4-7-24(8-5-14)20(27)12-26/h1-3,6,9-11,14,26H,4-5,7-8,12H2. The number of carbonyl (C=O) groups is 1. The molecule has 0 bridgehead atoms. The number of fused-ring (bicyclic) bond motifs is 1. The Morgan fingerprint density at radius 2 is 1.96 bits per heavy atom. The van der Waals surface area contributed by atoms with E-state index in [1.165, 1.54) is 0 Å². The number of nitrogens with zero attached hydrogens (tertiary/aromatic N) is 3. The van der Waals surface area contributed by atoms with Crippen molar-refractivity contribution in [3.05, 3.63) is 52.9 Å². The number of rotatable bonds is 3. The lowest BCUT2D eigenvalue weighted by molar-refractivity contribution is -0.135. The van der Waals surface area contributed by atoms with Gasteiger partial charge in [0.25, 0.3) is 0 Å². The van der Waals surface area contributed by atoms with E-state index in [1.54, 1.807) is 17.2 Å². The third-order valence-electron chi connectivity index (χ3n) is 5.21. The average Bonchev–Trinajstić information content (AvgIpc) is 3.09. The van der Waals surface area contributed by atoms with Crippen LogP contribution < -0.4 is 0 Å². The van der Waals surface area contributed by atoms with Crippen LogP contribution >= 0.6 is 23.2 Å². The Kier molecular flexibility index (Phi) is 5.08. The van der Waals surface area contributed by atoms with Crippen molar-refractivity contribution in [2.45, 2.75) is 18.9 Å². The first-order chi connectivity index (χ1) is 13.1. The molecule has 1 saturated heterocycles. The van der Waals surface area contributed by atoms with E-state index in [0.29, 0.717) is 23.1 Å². The Morgan fingerprint density at radius 1 is 1.19 bits per heavy atom. The summed E-state index contributed by atoms with van der Waals surface area (Å²) in [7, 11) is 0. The maximum atomic E-state index is 11.7. The molecule has 0 aliphatic carbocycles. The molecule has 0 atom stereocenters. The lowest BCUT2D eigenvalue weighted by Gasteiger charge is -2.32. The SMILES string of the molecule is O=C(CO)N1CCC(n2cc(-c3ccc(Cl)c(Cl)c3)c3cnccc32)CC1. The molecule has 0 saturated carbocycles. The first kappa shape index (κ1) is 18.3. The minimum atomic E-state index is -0.426. The van der Waals surface area contributed by atoms with Crippen molar-refractivity contribution in [3.63, 3.8) is 0 Å². The number of likely N-dealkylation sites (tertiary alicyclic amines) is 1. The Bertz CT molecular complexity index is 994. The molecule has 1 amide bonds. The molecule has 1 fully saturated rings. The quantitative estimate of drug-likeness (QED) is 0.713. The van der Waals surface area contributed by atoms with Crippen LogP contribution in [-0.2, 0) is 4.79 Å². The number of hydrogen-bond donors (Lipinski definition) is 1. The number of aromatic nitrogens is 2. The van der Waals surface area contributed by atoms with E-state index in [0.717, 1.165) is 34.9 Å². The number of amides is 1. The highest BCUT2D eigenvalue weighted by molar-refractivity contribution is 6.42. The van der Waals surface area contributed by atoms with Gasteiger partial charge in [0.15, 0.2) is 0 Å². The van der Waals surface area contributed by atoms with Crippen LogP contribution in [0.4, 0.5) is 0 Å². The number of aliphatic hydroxyl groups is 1. The summed E-state index contributed by atoms with van der Waals surface area (Å²) < 4.78 is 2.27. The molecule has 1 aliphatic heterocycles. The number of aliphatic hydroxyl groups excluding tert-OH is 1. The van der Waals surface area contributed by atoms with Crippen molar-refractivity contribution in [3.8, 4) is 11.1 Å². The van der Waals surface area contributed by atoms with Gasteiger partial charge in [0.1, 0.15) is 6.61 Å². The fourth-order valence-corrected chi connectivity index (χ4v) is 4.09. The van der Waals surface area contributed by atoms with Crippen molar-refractivity contribution < 1.29 is 9.90 Å². The average molecular weight is 404 g/mol. The van der Waals surface area contributed by atoms with Crippen LogP contribution in [0.15, 0.2) is 42.9 Å². The third-order valence-corrected chi connectivity index (χ3v) is 5.95. The van der Waals surface area contributed by atoms with Crippen molar-refractivity contribution in [2.75, 3.05) is 19.7 Å². The van der Waals surface area contributed by atoms with Gasteiger partial charge < -0.3 is 14.6 Å². The number of pyridine rings is 1. The van der Waals surface area contributed by atoms with Crippen LogP contribution in [0, 0.1) is 0 Å². The Labute approximate surface area is 167 Å². The van der Waals surface area contributed by atoms with Crippen molar-refractivity contribution in [2.24, 2.45) is 0 Å². The minimum absolute atomic E-state index is 0.202. The molecule has 3 heterocycles. The molecule has 0 unspecified atom stereocenters. The van der Waals surface area contributed by atoms with Gasteiger partial charge in [0.05, 0.1) is 15.6 Å². The van der Waals surface area contributed by atoms with E-state index in [4.69, 9.17) is 28.3 Å². The van der Waals surface area contributed by atoms with Crippen LogP contribution in [0.25, 0.3) is 22.0 Å². The second-order valence-corrected chi connectivity index (χ2v) is 7.56. The highest BCUT2D eigenvalue weighted by Gasteiger charge is 2.25. The van der Waals surface area contributed by atoms with E-state index in [9.17, 15) is 4.79 Å². The molecule has 3 aromatic rings. The predicted molar refractivity (Wildman–Crippen MR) is 107 cm³/mol. The summed E-state index contributed by atoms with van der Waals surface area (Å²) in [5.74, 6) is -0.202. The zero-order valence-electron chi connectivity index (χ0n) is 14.6. The van der Waals surface area contributed by atoms with Gasteiger partial charge >= 0.3 is 0 Å². The molecule has 140 valence electrons. The second-order valence-electron chi connectivity index (χ2n) is 6.74. The van der Waals surface area contributed by atoms with Crippen molar-refractivity contribution in [1.82, 2.24) is 14.5 Å². The largest absolute Gasteiger partial charge is 0.387 e. The number of benzene rings is 1. The van der Waals surface area contributed by atoms with E-state index < -0.39 is 6.61 Å². The summed E-state index contributed by atoms with van der Waals surface area (Å²) in [5.41, 5.74) is 3.16. The van der Waals surface area contributed by atoms with E-state index >= 15 is 0 Å². The maximum Gasteiger partial charge on any atom is 0.248 e. The second kappa shape index (κ2) is 7.50. The fourth-order valence-electron chi connectivity index (χ4n) is 3.79. The molecule has 2 aromatic heterocycles. The van der Waals surface area contributed by atoms with Crippen LogP contribution in [-0.4, -0.2) is 45.2 Å². The predicted octanol–water partition coefficient (Wildman–Crippen LogP) is 4.17. The normalized spacial score (nSPS) is 15.4. The van der Waals surface area contributed by atoms with Gasteiger partial charge in [-0.2, -0.15) is 0 Å². The van der Waals surface area contributed by atoms with E-state index in [1.807, 2.05) is 24.4 Å². The van der Waals surface area contributed by atoms with Gasteiger partial charge in [-0.05, 0) is 36.6 Å². The molecule has 5 nitrogen and oxygen atoms in total. The van der Waals surface area contributed by atoms with E-state index in [2.05, 4.69) is 15.7 Å². The van der Waals surface area contributed by atoms with Gasteiger partial charge in [0.2, 0.25) is 5.91 Å². The summed E-state index contributed by atoms with van der Waals surface area (Å²) in [6, 6.07) is 7.94. The zero-order valence-corrected chi connectivity index (χ0v) is 16.1. The molecule has 1 aromatic carbocycles. The van der Waals surface area contributed by atoms with Gasteiger partial charge in [-0.15, -0.1) is 0 Å². The van der Waals surface area contributed by atoms with Crippen LogP contribution in [0.1, 0.15) is 18.9 Å². The summed E-state index contributed by atoms with van der Waals surface area (Å²) in [5, 5.41) is 11.2. The van der Waals surface area contributed by atoms with Gasteiger partial charge in [-0.3, -0.25) is 9.78 Å². The fraction of sp³-hybridized carbons (Fsp3) is 0.300. The molecular weight excluding hydrogens is 385 g/mol. The van der Waals surface area contributed by atoms with Crippen LogP contribution in [0.2, 0.25) is 10.0 Å².